The molecule has 1 unspecified atom stereocenters. The molecular weight excluding hydrogens is 262 g/mol. The number of aryl methyl sites for hydroxylation is 1. The Morgan fingerprint density at radius 2 is 2.10 bits per heavy atom. The predicted octanol–water partition coefficient (Wildman–Crippen LogP) is 2.15. The van der Waals surface area contributed by atoms with Crippen molar-refractivity contribution in [3.63, 3.8) is 0 Å². The summed E-state index contributed by atoms with van der Waals surface area (Å²) in [6.07, 6.45) is 4.44. The highest BCUT2D eigenvalue weighted by Crippen LogP contribution is 2.25. The highest BCUT2D eigenvalue weighted by molar-refractivity contribution is 5.95. The molecule has 0 saturated carbocycles. The van der Waals surface area contributed by atoms with Gasteiger partial charge >= 0.3 is 0 Å². The topological polar surface area (TPSA) is 44.4 Å². The van der Waals surface area contributed by atoms with Gasteiger partial charge in [0.15, 0.2) is 0 Å². The minimum Gasteiger partial charge on any atom is -0.325 e. The number of piperidine rings is 1. The van der Waals surface area contributed by atoms with Crippen LogP contribution >= 0.6 is 0 Å². The van der Waals surface area contributed by atoms with Crippen molar-refractivity contribution in [1.82, 2.24) is 10.2 Å². The SMILES string of the molecule is Cc1cccc(NC(=O)C2CCCN2C2CCNCC2)c1. The summed E-state index contributed by atoms with van der Waals surface area (Å²) in [5, 5.41) is 6.50. The van der Waals surface area contributed by atoms with Gasteiger partial charge in [0.25, 0.3) is 0 Å². The first kappa shape index (κ1) is 14.5. The zero-order valence-electron chi connectivity index (χ0n) is 12.8. The number of carbonyl (C=O) groups is 1. The lowest BCUT2D eigenvalue weighted by Gasteiger charge is -2.35. The molecule has 2 aliphatic rings. The van der Waals surface area contributed by atoms with E-state index in [2.05, 4.69) is 15.5 Å². The molecule has 3 rings (SSSR count). The van der Waals surface area contributed by atoms with Crippen LogP contribution in [0.2, 0.25) is 0 Å². The van der Waals surface area contributed by atoms with Crippen molar-refractivity contribution in [3.05, 3.63) is 29.8 Å². The first-order chi connectivity index (χ1) is 10.2. The zero-order chi connectivity index (χ0) is 14.7. The van der Waals surface area contributed by atoms with Crippen molar-refractivity contribution in [1.29, 1.82) is 0 Å². The van der Waals surface area contributed by atoms with Gasteiger partial charge in [0.2, 0.25) is 5.91 Å². The van der Waals surface area contributed by atoms with Gasteiger partial charge in [0, 0.05) is 11.7 Å². The van der Waals surface area contributed by atoms with Gasteiger partial charge in [-0.05, 0) is 69.9 Å². The summed E-state index contributed by atoms with van der Waals surface area (Å²) in [6.45, 7) is 5.27. The molecule has 21 heavy (non-hydrogen) atoms. The van der Waals surface area contributed by atoms with Crippen LogP contribution in [-0.4, -0.2) is 42.5 Å². The first-order valence-corrected chi connectivity index (χ1v) is 8.08. The maximum Gasteiger partial charge on any atom is 0.241 e. The third-order valence-electron chi connectivity index (χ3n) is 4.66. The third-order valence-corrected chi connectivity index (χ3v) is 4.66. The lowest BCUT2D eigenvalue weighted by atomic mass is 10.0. The van der Waals surface area contributed by atoms with E-state index in [4.69, 9.17) is 0 Å². The van der Waals surface area contributed by atoms with Crippen molar-refractivity contribution in [2.45, 2.75) is 44.7 Å². The molecule has 2 N–H and O–H groups in total. The Kier molecular flexibility index (Phi) is 4.56. The van der Waals surface area contributed by atoms with Crippen LogP contribution in [0.1, 0.15) is 31.2 Å². The van der Waals surface area contributed by atoms with Crippen LogP contribution in [0.4, 0.5) is 5.69 Å². The van der Waals surface area contributed by atoms with Crippen molar-refractivity contribution in [3.8, 4) is 0 Å². The molecule has 2 aliphatic heterocycles. The summed E-state index contributed by atoms with van der Waals surface area (Å²) in [4.78, 5) is 15.0. The van der Waals surface area contributed by atoms with E-state index in [1.54, 1.807) is 0 Å². The molecule has 1 atom stereocenters. The largest absolute Gasteiger partial charge is 0.325 e. The van der Waals surface area contributed by atoms with Crippen LogP contribution in [0.3, 0.4) is 0 Å². The van der Waals surface area contributed by atoms with E-state index in [0.29, 0.717) is 6.04 Å². The van der Waals surface area contributed by atoms with Gasteiger partial charge in [-0.1, -0.05) is 12.1 Å². The van der Waals surface area contributed by atoms with Gasteiger partial charge in [-0.2, -0.15) is 0 Å². The number of carbonyl (C=O) groups excluding carboxylic acids is 1. The molecule has 0 aliphatic carbocycles. The molecule has 2 heterocycles. The minimum atomic E-state index is 0.0496. The summed E-state index contributed by atoms with van der Waals surface area (Å²) in [7, 11) is 0. The number of anilines is 1. The van der Waals surface area contributed by atoms with E-state index in [1.165, 1.54) is 5.56 Å². The fourth-order valence-electron chi connectivity index (χ4n) is 3.59. The molecular formula is C17H25N3O. The number of hydrogen-bond acceptors (Lipinski definition) is 3. The number of amides is 1. The second-order valence-electron chi connectivity index (χ2n) is 6.24. The summed E-state index contributed by atoms with van der Waals surface area (Å²) >= 11 is 0. The molecule has 1 aromatic rings. The van der Waals surface area contributed by atoms with E-state index in [9.17, 15) is 4.79 Å². The molecule has 4 heteroatoms. The monoisotopic (exact) mass is 287 g/mol. The highest BCUT2D eigenvalue weighted by Gasteiger charge is 2.35. The number of hydrogen-bond donors (Lipinski definition) is 2. The average Bonchev–Trinajstić information content (AvgIpc) is 2.98. The molecule has 1 aromatic carbocycles. The van der Waals surface area contributed by atoms with Crippen LogP contribution in [0, 0.1) is 6.92 Å². The second-order valence-corrected chi connectivity index (χ2v) is 6.24. The number of nitrogens with zero attached hydrogens (tertiary/aromatic N) is 1. The van der Waals surface area contributed by atoms with E-state index in [1.807, 2.05) is 31.2 Å². The summed E-state index contributed by atoms with van der Waals surface area (Å²) in [5.74, 6) is 0.164. The second kappa shape index (κ2) is 6.58. The van der Waals surface area contributed by atoms with Gasteiger partial charge in [-0.25, -0.2) is 0 Å². The normalized spacial score (nSPS) is 24.1. The molecule has 0 spiro atoms. The van der Waals surface area contributed by atoms with Gasteiger partial charge in [0.1, 0.15) is 0 Å². The Morgan fingerprint density at radius 1 is 1.29 bits per heavy atom. The molecule has 4 nitrogen and oxygen atoms in total. The smallest absolute Gasteiger partial charge is 0.241 e. The summed E-state index contributed by atoms with van der Waals surface area (Å²) < 4.78 is 0. The molecule has 0 aromatic heterocycles. The van der Waals surface area contributed by atoms with Crippen LogP contribution in [-0.2, 0) is 4.79 Å². The van der Waals surface area contributed by atoms with Crippen LogP contribution in [0.25, 0.3) is 0 Å². The van der Waals surface area contributed by atoms with Gasteiger partial charge < -0.3 is 10.6 Å². The Balaban J connectivity index is 1.65. The average molecular weight is 287 g/mol. The van der Waals surface area contributed by atoms with Crippen molar-refractivity contribution >= 4 is 11.6 Å². The number of nitrogens with one attached hydrogen (secondary N) is 2. The van der Waals surface area contributed by atoms with Gasteiger partial charge in [-0.3, -0.25) is 9.69 Å². The Labute approximate surface area is 126 Å². The Hall–Kier alpha value is -1.39. The molecule has 0 radical (unpaired) electrons. The molecule has 114 valence electrons. The van der Waals surface area contributed by atoms with E-state index < -0.39 is 0 Å². The molecule has 2 fully saturated rings. The standard InChI is InChI=1S/C17H25N3O/c1-13-4-2-5-14(12-13)19-17(21)16-6-3-11-20(16)15-7-9-18-10-8-15/h2,4-5,12,15-16,18H,3,6-11H2,1H3,(H,19,21). The van der Waals surface area contributed by atoms with Crippen LogP contribution < -0.4 is 10.6 Å². The maximum atomic E-state index is 12.6. The van der Waals surface area contributed by atoms with Crippen LogP contribution in [0.5, 0.6) is 0 Å². The molecule has 0 bridgehead atoms. The third kappa shape index (κ3) is 3.44. The maximum absolute atomic E-state index is 12.6. The Morgan fingerprint density at radius 3 is 2.86 bits per heavy atom. The summed E-state index contributed by atoms with van der Waals surface area (Å²) in [5.41, 5.74) is 2.09. The van der Waals surface area contributed by atoms with Crippen molar-refractivity contribution < 1.29 is 4.79 Å². The number of rotatable bonds is 3. The fraction of sp³-hybridized carbons (Fsp3) is 0.588. The quantitative estimate of drug-likeness (QED) is 0.895. The predicted molar refractivity (Wildman–Crippen MR) is 85.4 cm³/mol. The summed E-state index contributed by atoms with van der Waals surface area (Å²) in [6, 6.07) is 8.66. The Bertz CT molecular complexity index is 497. The van der Waals surface area contributed by atoms with Gasteiger partial charge in [0.05, 0.1) is 6.04 Å². The molecule has 2 saturated heterocycles. The van der Waals surface area contributed by atoms with Gasteiger partial charge in [-0.15, -0.1) is 0 Å². The van der Waals surface area contributed by atoms with Crippen molar-refractivity contribution in [2.24, 2.45) is 0 Å². The lowest BCUT2D eigenvalue weighted by Crippen LogP contribution is -2.49. The van der Waals surface area contributed by atoms with E-state index in [-0.39, 0.29) is 11.9 Å². The molecule has 1 amide bonds. The lowest BCUT2D eigenvalue weighted by molar-refractivity contribution is -0.121. The van der Waals surface area contributed by atoms with Crippen LogP contribution in [0.15, 0.2) is 24.3 Å². The fourth-order valence-corrected chi connectivity index (χ4v) is 3.59. The first-order valence-electron chi connectivity index (χ1n) is 8.08. The number of benzene rings is 1. The van der Waals surface area contributed by atoms with E-state index >= 15 is 0 Å². The van der Waals surface area contributed by atoms with Crippen molar-refractivity contribution in [2.75, 3.05) is 25.0 Å². The minimum absolute atomic E-state index is 0.0496. The highest BCUT2D eigenvalue weighted by atomic mass is 16.2. The zero-order valence-corrected chi connectivity index (χ0v) is 12.8. The van der Waals surface area contributed by atoms with E-state index in [0.717, 1.165) is 51.0 Å². The number of likely N-dealkylation sites (tertiary alicyclic amines) is 1.